The molecule has 0 saturated heterocycles. The molecule has 0 fully saturated rings. The van der Waals surface area contributed by atoms with Gasteiger partial charge in [-0.2, -0.15) is 0 Å². The second kappa shape index (κ2) is 45.4. The normalized spacial score (nSPS) is 3.69. The number of hydrogen-bond donors (Lipinski definition) is 4. The summed E-state index contributed by atoms with van der Waals surface area (Å²) in [5, 5.41) is 29.5. The molecule has 0 aromatic rings. The Bertz CT molecular complexity index is 75.1. The molecule has 0 bridgehead atoms. The summed E-state index contributed by atoms with van der Waals surface area (Å²) >= 11 is 0. The van der Waals surface area contributed by atoms with Gasteiger partial charge >= 0.3 is 16.5 Å². The van der Waals surface area contributed by atoms with Crippen LogP contribution in [0, 0.1) is 30.6 Å². The first-order valence-electron chi connectivity index (χ1n) is 1.10. The molecule has 12 nitrogen and oxygen atoms in total. The number of rotatable bonds is 0. The van der Waals surface area contributed by atoms with Crippen LogP contribution in [0.2, 0.25) is 0 Å². The van der Waals surface area contributed by atoms with Gasteiger partial charge in [0.25, 0.3) is 0 Å². The summed E-state index contributed by atoms with van der Waals surface area (Å²) in [7, 11) is 0. The van der Waals surface area contributed by atoms with Crippen LogP contribution in [0.25, 0.3) is 0 Å². The Kier molecular flexibility index (Phi) is 211. The summed E-state index contributed by atoms with van der Waals surface area (Å²) in [4.78, 5) is 16.5. The molecule has 0 atom stereocenters. The molecule has 0 aliphatic rings. The zero-order valence-electron chi connectivity index (χ0n) is 6.49. The number of hydrogen-bond acceptors (Lipinski definition) is 10. The zero-order chi connectivity index (χ0) is 7.15. The largest absolute Gasteiger partial charge is 2.00 e. The summed E-state index contributed by atoms with van der Waals surface area (Å²) in [5.74, 6) is 0. The Morgan fingerprint density at radius 1 is 0.615 bits per heavy atom. The van der Waals surface area contributed by atoms with Gasteiger partial charge in [0.05, 0.1) is 10.2 Å². The first-order chi connectivity index (χ1) is 3.46. The second-order valence-electron chi connectivity index (χ2n) is 0.447. The van der Waals surface area contributed by atoms with E-state index in [1.54, 1.807) is 0 Å². The van der Waals surface area contributed by atoms with E-state index in [-0.39, 0.29) is 41.1 Å². The summed E-state index contributed by atoms with van der Waals surface area (Å²) < 4.78 is 0. The fourth-order valence-electron chi connectivity index (χ4n) is 0. The average Bonchev–Trinajstić information content (AvgIpc) is 1.25. The third-order valence-electron chi connectivity index (χ3n) is 0. The molecule has 0 aliphatic carbocycles. The van der Waals surface area contributed by atoms with E-state index in [1.807, 2.05) is 0 Å². The van der Waals surface area contributed by atoms with Crippen molar-refractivity contribution in [3.8, 4) is 0 Å². The minimum atomic E-state index is -1.75. The third-order valence-corrected chi connectivity index (χ3v) is 0. The molecule has 13 heavy (non-hydrogen) atoms. The van der Waals surface area contributed by atoms with Crippen LogP contribution < -0.4 is 24.6 Å². The fraction of sp³-hybridized carbons (Fsp3) is 0. The SMILES string of the molecule is N.N.N.N.O=[N+]([O-])[O-].O=[N+]([O-])[O-].[Ni+2]. The molecule has 12 N–H and O–H groups in total. The van der Waals surface area contributed by atoms with E-state index >= 15 is 0 Å². The van der Waals surface area contributed by atoms with Crippen LogP contribution in [-0.2, 0) is 16.5 Å². The van der Waals surface area contributed by atoms with E-state index in [0.717, 1.165) is 0 Å². The second-order valence-corrected chi connectivity index (χ2v) is 0.447. The van der Waals surface area contributed by atoms with E-state index in [1.165, 1.54) is 0 Å². The van der Waals surface area contributed by atoms with Crippen molar-refractivity contribution in [1.29, 1.82) is 0 Å². The van der Waals surface area contributed by atoms with Crippen molar-refractivity contribution in [2.75, 3.05) is 0 Å². The van der Waals surface area contributed by atoms with Gasteiger partial charge in [-0.15, -0.1) is 0 Å². The molecule has 0 radical (unpaired) electrons. The van der Waals surface area contributed by atoms with Gasteiger partial charge in [0, 0.05) is 0 Å². The maximum absolute atomic E-state index is 8.25. The summed E-state index contributed by atoms with van der Waals surface area (Å²) in [5.41, 5.74) is 0. The van der Waals surface area contributed by atoms with Crippen LogP contribution >= 0.6 is 0 Å². The Labute approximate surface area is 82.8 Å². The van der Waals surface area contributed by atoms with Gasteiger partial charge in [0.1, 0.15) is 0 Å². The minimum absolute atomic E-state index is 0. The van der Waals surface area contributed by atoms with E-state index in [2.05, 4.69) is 0 Å². The zero-order valence-corrected chi connectivity index (χ0v) is 7.48. The Morgan fingerprint density at radius 2 is 0.615 bits per heavy atom. The summed E-state index contributed by atoms with van der Waals surface area (Å²) in [6, 6.07) is 0. The van der Waals surface area contributed by atoms with Crippen LogP contribution in [0.3, 0.4) is 0 Å². The quantitative estimate of drug-likeness (QED) is 0.256. The van der Waals surface area contributed by atoms with Crippen LogP contribution in [0.4, 0.5) is 0 Å². The molecule has 0 aromatic carbocycles. The predicted molar refractivity (Wildman–Crippen MR) is 40.8 cm³/mol. The van der Waals surface area contributed by atoms with Crippen LogP contribution in [0.5, 0.6) is 0 Å². The van der Waals surface area contributed by atoms with E-state index in [4.69, 9.17) is 30.6 Å². The molecule has 0 saturated carbocycles. The van der Waals surface area contributed by atoms with Crippen molar-refractivity contribution in [2.24, 2.45) is 0 Å². The maximum atomic E-state index is 8.25. The van der Waals surface area contributed by atoms with Crippen molar-refractivity contribution in [2.45, 2.75) is 0 Å². The Morgan fingerprint density at radius 3 is 0.615 bits per heavy atom. The monoisotopic (exact) mass is 250 g/mol. The molecule has 0 rings (SSSR count). The van der Waals surface area contributed by atoms with E-state index < -0.39 is 10.2 Å². The van der Waals surface area contributed by atoms with Gasteiger partial charge in [-0.3, -0.25) is 0 Å². The van der Waals surface area contributed by atoms with Crippen LogP contribution in [0.1, 0.15) is 0 Å². The van der Waals surface area contributed by atoms with Crippen molar-refractivity contribution in [3.05, 3.63) is 30.6 Å². The van der Waals surface area contributed by atoms with Gasteiger partial charge in [-0.05, 0) is 0 Å². The molecule has 13 heteroatoms. The van der Waals surface area contributed by atoms with Gasteiger partial charge in [0.15, 0.2) is 0 Å². The van der Waals surface area contributed by atoms with Crippen LogP contribution in [-0.4, -0.2) is 10.2 Å². The summed E-state index contributed by atoms with van der Waals surface area (Å²) in [6.45, 7) is 0. The van der Waals surface area contributed by atoms with Crippen molar-refractivity contribution < 1.29 is 26.7 Å². The van der Waals surface area contributed by atoms with Gasteiger partial charge in [-0.1, -0.05) is 0 Å². The molecule has 0 unspecified atom stereocenters. The van der Waals surface area contributed by atoms with Crippen molar-refractivity contribution in [1.82, 2.24) is 24.6 Å². The molecular formula is H12N6NiO6. The third kappa shape index (κ3) is 510. The van der Waals surface area contributed by atoms with Gasteiger partial charge in [-0.25, -0.2) is 0 Å². The first kappa shape index (κ1) is 60.3. The van der Waals surface area contributed by atoms with E-state index in [0.29, 0.717) is 0 Å². The Balaban J connectivity index is -0.00000000800. The van der Waals surface area contributed by atoms with Crippen LogP contribution in [0.15, 0.2) is 0 Å². The molecular weight excluding hydrogens is 239 g/mol. The Hall–Kier alpha value is -1.27. The number of nitrogens with zero attached hydrogens (tertiary/aromatic N) is 2. The van der Waals surface area contributed by atoms with E-state index in [9.17, 15) is 0 Å². The first-order valence-corrected chi connectivity index (χ1v) is 1.10. The summed E-state index contributed by atoms with van der Waals surface area (Å²) in [6.07, 6.45) is 0. The predicted octanol–water partition coefficient (Wildman–Crippen LogP) is 0.167. The molecule has 0 aliphatic heterocycles. The smallest absolute Gasteiger partial charge is 0.356 e. The van der Waals surface area contributed by atoms with Gasteiger partial charge in [0.2, 0.25) is 0 Å². The standard InChI is InChI=1S/2NO3.4H3N.Ni/c2*2-1(3)4;;;;;/h;;4*1H3;/q2*-1;;;;;+2. The van der Waals surface area contributed by atoms with Crippen molar-refractivity contribution in [3.63, 3.8) is 0 Å². The molecule has 0 heterocycles. The topological polar surface area (TPSA) is 272 Å². The molecule has 88 valence electrons. The molecule has 0 spiro atoms. The molecule has 0 aromatic heterocycles. The fourth-order valence-corrected chi connectivity index (χ4v) is 0. The van der Waals surface area contributed by atoms with Gasteiger partial charge < -0.3 is 55.2 Å². The minimum Gasteiger partial charge on any atom is -0.356 e. The maximum Gasteiger partial charge on any atom is 2.00 e. The van der Waals surface area contributed by atoms with Crippen molar-refractivity contribution >= 4 is 0 Å². The average molecular weight is 251 g/mol. The molecule has 0 amide bonds.